The molecular formula is C15H17NO2. The minimum Gasteiger partial charge on any atom is -0.491 e. The molecule has 0 aliphatic carbocycles. The van der Waals surface area contributed by atoms with Crippen LogP contribution in [-0.2, 0) is 0 Å². The van der Waals surface area contributed by atoms with Gasteiger partial charge in [0.1, 0.15) is 18.5 Å². The van der Waals surface area contributed by atoms with Crippen LogP contribution in [0.2, 0.25) is 0 Å². The fourth-order valence-corrected chi connectivity index (χ4v) is 1.62. The van der Waals surface area contributed by atoms with Gasteiger partial charge >= 0.3 is 0 Å². The van der Waals surface area contributed by atoms with E-state index in [9.17, 15) is 5.11 Å². The number of benzene rings is 2. The molecule has 3 N–H and O–H groups in total. The summed E-state index contributed by atoms with van der Waals surface area (Å²) >= 11 is 0. The quantitative estimate of drug-likeness (QED) is 0.812. The Bertz CT molecular complexity index is 491. The van der Waals surface area contributed by atoms with Crippen LogP contribution in [0.3, 0.4) is 0 Å². The van der Waals surface area contributed by atoms with E-state index in [4.69, 9.17) is 10.5 Å². The van der Waals surface area contributed by atoms with Gasteiger partial charge in [-0.2, -0.15) is 0 Å². The molecule has 0 aromatic heterocycles. The van der Waals surface area contributed by atoms with Crippen LogP contribution < -0.4 is 10.5 Å². The molecule has 0 fully saturated rings. The van der Waals surface area contributed by atoms with Crippen molar-refractivity contribution >= 4 is 5.69 Å². The third-order valence-corrected chi connectivity index (χ3v) is 2.75. The van der Waals surface area contributed by atoms with Crippen molar-refractivity contribution in [3.05, 3.63) is 59.7 Å². The first-order valence-corrected chi connectivity index (χ1v) is 5.88. The van der Waals surface area contributed by atoms with Crippen LogP contribution in [0.5, 0.6) is 5.75 Å². The highest BCUT2D eigenvalue weighted by molar-refractivity contribution is 5.39. The summed E-state index contributed by atoms with van der Waals surface area (Å²) < 4.78 is 5.53. The van der Waals surface area contributed by atoms with E-state index in [1.165, 1.54) is 5.56 Å². The molecule has 2 aromatic carbocycles. The summed E-state index contributed by atoms with van der Waals surface area (Å²) in [6.45, 7) is 2.25. The highest BCUT2D eigenvalue weighted by Gasteiger charge is 2.08. The molecule has 1 atom stereocenters. The van der Waals surface area contributed by atoms with Gasteiger partial charge in [-0.3, -0.25) is 0 Å². The second-order valence-corrected chi connectivity index (χ2v) is 4.31. The van der Waals surface area contributed by atoms with Gasteiger partial charge in [-0.05, 0) is 36.8 Å². The molecule has 94 valence electrons. The van der Waals surface area contributed by atoms with Gasteiger partial charge < -0.3 is 15.6 Å². The molecule has 0 heterocycles. The summed E-state index contributed by atoms with van der Waals surface area (Å²) in [6.07, 6.45) is -0.646. The largest absolute Gasteiger partial charge is 0.491 e. The monoisotopic (exact) mass is 243 g/mol. The first-order valence-electron chi connectivity index (χ1n) is 5.88. The predicted molar refractivity (Wildman–Crippen MR) is 72.5 cm³/mol. The Morgan fingerprint density at radius 3 is 2.28 bits per heavy atom. The van der Waals surface area contributed by atoms with Crippen molar-refractivity contribution in [3.8, 4) is 5.75 Å². The van der Waals surface area contributed by atoms with Gasteiger partial charge in [0.05, 0.1) is 0 Å². The molecule has 2 rings (SSSR count). The Labute approximate surface area is 107 Å². The van der Waals surface area contributed by atoms with Crippen molar-refractivity contribution < 1.29 is 9.84 Å². The molecule has 18 heavy (non-hydrogen) atoms. The zero-order chi connectivity index (χ0) is 13.0. The zero-order valence-electron chi connectivity index (χ0n) is 10.3. The topological polar surface area (TPSA) is 55.5 Å². The van der Waals surface area contributed by atoms with Gasteiger partial charge in [-0.25, -0.2) is 0 Å². The number of nitrogen functional groups attached to an aromatic ring is 1. The van der Waals surface area contributed by atoms with Crippen molar-refractivity contribution in [2.24, 2.45) is 0 Å². The molecule has 0 saturated carbocycles. The molecule has 0 spiro atoms. The van der Waals surface area contributed by atoms with Crippen LogP contribution in [0, 0.1) is 6.92 Å². The molecule has 3 heteroatoms. The summed E-state index contributed by atoms with van der Waals surface area (Å²) in [6, 6.07) is 14.9. The average Bonchev–Trinajstić information content (AvgIpc) is 2.38. The van der Waals surface area contributed by atoms with Gasteiger partial charge in [0, 0.05) is 5.69 Å². The fourth-order valence-electron chi connectivity index (χ4n) is 1.62. The molecule has 2 aromatic rings. The van der Waals surface area contributed by atoms with Crippen LogP contribution in [0.4, 0.5) is 5.69 Å². The summed E-state index contributed by atoms with van der Waals surface area (Å²) in [5, 5.41) is 9.96. The zero-order valence-corrected chi connectivity index (χ0v) is 10.3. The number of aliphatic hydroxyl groups is 1. The standard InChI is InChI=1S/C15H17NO2/c1-11-2-8-14(9-3-11)18-10-15(17)12-4-6-13(16)7-5-12/h2-9,15,17H,10,16H2,1H3. The lowest BCUT2D eigenvalue weighted by molar-refractivity contribution is 0.108. The minimum absolute atomic E-state index is 0.229. The smallest absolute Gasteiger partial charge is 0.119 e. The van der Waals surface area contributed by atoms with E-state index in [2.05, 4.69) is 0 Å². The lowest BCUT2D eigenvalue weighted by Gasteiger charge is -2.13. The maximum Gasteiger partial charge on any atom is 0.119 e. The van der Waals surface area contributed by atoms with Crippen LogP contribution in [0.1, 0.15) is 17.2 Å². The minimum atomic E-state index is -0.646. The first-order chi connectivity index (χ1) is 8.65. The molecule has 0 saturated heterocycles. The van der Waals surface area contributed by atoms with E-state index in [-0.39, 0.29) is 6.61 Å². The SMILES string of the molecule is Cc1ccc(OCC(O)c2ccc(N)cc2)cc1. The van der Waals surface area contributed by atoms with Crippen LogP contribution in [0.15, 0.2) is 48.5 Å². The van der Waals surface area contributed by atoms with Crippen molar-refractivity contribution in [1.82, 2.24) is 0 Å². The number of hydrogen-bond acceptors (Lipinski definition) is 3. The number of nitrogens with two attached hydrogens (primary N) is 1. The Morgan fingerprint density at radius 1 is 1.06 bits per heavy atom. The molecule has 1 unspecified atom stereocenters. The lowest BCUT2D eigenvalue weighted by atomic mass is 10.1. The third kappa shape index (κ3) is 3.25. The van der Waals surface area contributed by atoms with Crippen LogP contribution in [-0.4, -0.2) is 11.7 Å². The highest BCUT2D eigenvalue weighted by Crippen LogP contribution is 2.17. The van der Waals surface area contributed by atoms with Gasteiger partial charge in [-0.15, -0.1) is 0 Å². The number of hydrogen-bond donors (Lipinski definition) is 2. The van der Waals surface area contributed by atoms with E-state index in [1.54, 1.807) is 24.3 Å². The molecule has 3 nitrogen and oxygen atoms in total. The van der Waals surface area contributed by atoms with Crippen molar-refractivity contribution in [2.75, 3.05) is 12.3 Å². The predicted octanol–water partition coefficient (Wildman–Crippen LogP) is 2.69. The fraction of sp³-hybridized carbons (Fsp3) is 0.200. The number of ether oxygens (including phenoxy) is 1. The van der Waals surface area contributed by atoms with Gasteiger partial charge in [0.25, 0.3) is 0 Å². The van der Waals surface area contributed by atoms with Crippen LogP contribution >= 0.6 is 0 Å². The van der Waals surface area contributed by atoms with E-state index < -0.39 is 6.10 Å². The maximum absolute atomic E-state index is 9.96. The average molecular weight is 243 g/mol. The normalized spacial score (nSPS) is 12.1. The molecule has 0 bridgehead atoms. The third-order valence-electron chi connectivity index (χ3n) is 2.75. The molecule has 0 aliphatic heterocycles. The second kappa shape index (κ2) is 5.56. The number of rotatable bonds is 4. The van der Waals surface area contributed by atoms with E-state index in [1.807, 2.05) is 31.2 Å². The molecule has 0 aliphatic rings. The molecule has 0 radical (unpaired) electrons. The Morgan fingerprint density at radius 2 is 1.67 bits per heavy atom. The van der Waals surface area contributed by atoms with Gasteiger partial charge in [0.15, 0.2) is 0 Å². The van der Waals surface area contributed by atoms with E-state index in [0.29, 0.717) is 5.69 Å². The summed E-state index contributed by atoms with van der Waals surface area (Å²) in [7, 11) is 0. The lowest BCUT2D eigenvalue weighted by Crippen LogP contribution is -2.09. The Kier molecular flexibility index (Phi) is 3.85. The second-order valence-electron chi connectivity index (χ2n) is 4.31. The Hall–Kier alpha value is -2.00. The summed E-state index contributed by atoms with van der Waals surface area (Å²) in [5.41, 5.74) is 8.26. The van der Waals surface area contributed by atoms with Crippen molar-refractivity contribution in [2.45, 2.75) is 13.0 Å². The molecular weight excluding hydrogens is 226 g/mol. The van der Waals surface area contributed by atoms with Crippen molar-refractivity contribution in [3.63, 3.8) is 0 Å². The maximum atomic E-state index is 9.96. The van der Waals surface area contributed by atoms with Crippen molar-refractivity contribution in [1.29, 1.82) is 0 Å². The van der Waals surface area contributed by atoms with Crippen LogP contribution in [0.25, 0.3) is 0 Å². The highest BCUT2D eigenvalue weighted by atomic mass is 16.5. The van der Waals surface area contributed by atoms with E-state index >= 15 is 0 Å². The van der Waals surface area contributed by atoms with Gasteiger partial charge in [0.2, 0.25) is 0 Å². The van der Waals surface area contributed by atoms with Gasteiger partial charge in [-0.1, -0.05) is 29.8 Å². The Balaban J connectivity index is 1.93. The number of aryl methyl sites for hydroxylation is 1. The summed E-state index contributed by atoms with van der Waals surface area (Å²) in [4.78, 5) is 0. The number of anilines is 1. The molecule has 0 amide bonds. The first kappa shape index (κ1) is 12.5. The number of aliphatic hydroxyl groups excluding tert-OH is 1. The van der Waals surface area contributed by atoms with E-state index in [0.717, 1.165) is 11.3 Å². The summed E-state index contributed by atoms with van der Waals surface area (Å²) in [5.74, 6) is 0.759.